The highest BCUT2D eigenvalue weighted by atomic mass is 32.2. The third-order valence-electron chi connectivity index (χ3n) is 6.63. The molecule has 0 bridgehead atoms. The third kappa shape index (κ3) is 3.22. The lowest BCUT2D eigenvalue weighted by atomic mass is 9.61. The number of amides is 1. The van der Waals surface area contributed by atoms with Crippen LogP contribution in [0.3, 0.4) is 0 Å². The molecule has 0 unspecified atom stereocenters. The van der Waals surface area contributed by atoms with Crippen LogP contribution in [-0.2, 0) is 10.0 Å². The first kappa shape index (κ1) is 20.4. The van der Waals surface area contributed by atoms with E-state index in [0.717, 1.165) is 24.6 Å². The number of halogens is 1. The molecule has 2 aromatic rings. The quantitative estimate of drug-likeness (QED) is 0.726. The number of aryl methyl sites for hydroxylation is 1. The van der Waals surface area contributed by atoms with Gasteiger partial charge in [0.05, 0.1) is 11.6 Å². The van der Waals surface area contributed by atoms with Crippen molar-refractivity contribution >= 4 is 15.9 Å². The fraction of sp³-hybridized carbons (Fsp3) is 0.455. The highest BCUT2D eigenvalue weighted by Gasteiger charge is 2.58. The standard InChI is InChI=1S/C22H24FN3O4S/c1-14-7-19-17(10-24-14)21(27)26(15(2)11-30-19)16-8-22(9-16)12-25(13-22)31(28,29)20-6-4-3-5-18(20)23/h3-7,10,15-16H,8-9,11-13H2,1-2H3/t15-/m1/s1. The highest BCUT2D eigenvalue weighted by molar-refractivity contribution is 7.89. The van der Waals surface area contributed by atoms with Gasteiger partial charge >= 0.3 is 0 Å². The molecule has 7 nitrogen and oxygen atoms in total. The number of hydrogen-bond acceptors (Lipinski definition) is 5. The third-order valence-corrected chi connectivity index (χ3v) is 8.46. The number of carbonyl (C=O) groups excluding carboxylic acids is 1. The second kappa shape index (κ2) is 7.00. The zero-order valence-electron chi connectivity index (χ0n) is 17.4. The van der Waals surface area contributed by atoms with Crippen molar-refractivity contribution in [2.45, 2.75) is 43.7 Å². The summed E-state index contributed by atoms with van der Waals surface area (Å²) in [6, 6.07) is 7.16. The molecule has 1 spiro atoms. The average molecular weight is 446 g/mol. The Balaban J connectivity index is 1.29. The van der Waals surface area contributed by atoms with Crippen LogP contribution >= 0.6 is 0 Å². The Kier molecular flexibility index (Phi) is 4.60. The maximum absolute atomic E-state index is 14.0. The second-order valence-corrected chi connectivity index (χ2v) is 10.9. The Morgan fingerprint density at radius 1 is 1.23 bits per heavy atom. The summed E-state index contributed by atoms with van der Waals surface area (Å²) in [4.78, 5) is 19.0. The molecule has 0 N–H and O–H groups in total. The van der Waals surface area contributed by atoms with E-state index in [4.69, 9.17) is 4.74 Å². The first-order valence-electron chi connectivity index (χ1n) is 10.4. The van der Waals surface area contributed by atoms with Gasteiger partial charge in [0.1, 0.15) is 23.1 Å². The van der Waals surface area contributed by atoms with Crippen molar-refractivity contribution in [2.24, 2.45) is 5.41 Å². The van der Waals surface area contributed by atoms with E-state index < -0.39 is 15.8 Å². The van der Waals surface area contributed by atoms with E-state index in [1.54, 1.807) is 12.3 Å². The number of fused-ring (bicyclic) bond motifs is 1. The summed E-state index contributed by atoms with van der Waals surface area (Å²) in [5.41, 5.74) is 1.11. The molecule has 1 saturated heterocycles. The fourth-order valence-corrected chi connectivity index (χ4v) is 6.76. The summed E-state index contributed by atoms with van der Waals surface area (Å²) < 4.78 is 46.7. The van der Waals surface area contributed by atoms with E-state index in [0.29, 0.717) is 31.0 Å². The molecule has 2 aliphatic heterocycles. The number of pyridine rings is 1. The molecule has 164 valence electrons. The van der Waals surface area contributed by atoms with Crippen LogP contribution in [0.4, 0.5) is 4.39 Å². The Morgan fingerprint density at radius 3 is 2.65 bits per heavy atom. The summed E-state index contributed by atoms with van der Waals surface area (Å²) in [6.07, 6.45) is 3.01. The Hall–Kier alpha value is -2.52. The smallest absolute Gasteiger partial charge is 0.259 e. The van der Waals surface area contributed by atoms with Gasteiger partial charge in [-0.1, -0.05) is 12.1 Å². The molecule has 9 heteroatoms. The van der Waals surface area contributed by atoms with Gasteiger partial charge in [0, 0.05) is 42.5 Å². The first-order chi connectivity index (χ1) is 14.7. The van der Waals surface area contributed by atoms with E-state index in [-0.39, 0.29) is 28.3 Å². The Labute approximate surface area is 180 Å². The van der Waals surface area contributed by atoms with Gasteiger partial charge in [-0.25, -0.2) is 12.8 Å². The monoisotopic (exact) mass is 445 g/mol. The van der Waals surface area contributed by atoms with Gasteiger partial charge in [0.2, 0.25) is 10.0 Å². The van der Waals surface area contributed by atoms with Crippen LogP contribution in [0.2, 0.25) is 0 Å². The van der Waals surface area contributed by atoms with Crippen LogP contribution in [0.1, 0.15) is 35.8 Å². The van der Waals surface area contributed by atoms with Gasteiger partial charge in [0.25, 0.3) is 5.91 Å². The van der Waals surface area contributed by atoms with Gasteiger partial charge < -0.3 is 9.64 Å². The molecule has 5 rings (SSSR count). The number of sulfonamides is 1. The molecule has 2 fully saturated rings. The van der Waals surface area contributed by atoms with Gasteiger partial charge in [-0.3, -0.25) is 9.78 Å². The number of rotatable bonds is 3. The van der Waals surface area contributed by atoms with Crippen molar-refractivity contribution in [1.82, 2.24) is 14.2 Å². The summed E-state index contributed by atoms with van der Waals surface area (Å²) >= 11 is 0. The molecule has 3 heterocycles. The van der Waals surface area contributed by atoms with Crippen LogP contribution in [0, 0.1) is 18.2 Å². The average Bonchev–Trinajstić information content (AvgIpc) is 2.77. The zero-order chi connectivity index (χ0) is 22.0. The van der Waals surface area contributed by atoms with Gasteiger partial charge in [0.15, 0.2) is 0 Å². The molecular formula is C22H24FN3O4S. The summed E-state index contributed by atoms with van der Waals surface area (Å²) in [6.45, 7) is 4.92. The molecular weight excluding hydrogens is 421 g/mol. The zero-order valence-corrected chi connectivity index (χ0v) is 18.2. The summed E-state index contributed by atoms with van der Waals surface area (Å²) in [7, 11) is -3.84. The van der Waals surface area contributed by atoms with Crippen LogP contribution in [0.5, 0.6) is 5.75 Å². The maximum atomic E-state index is 14.0. The molecule has 1 aliphatic carbocycles. The minimum absolute atomic E-state index is 0.0247. The lowest BCUT2D eigenvalue weighted by Crippen LogP contribution is -2.68. The van der Waals surface area contributed by atoms with Crippen molar-refractivity contribution in [3.8, 4) is 5.75 Å². The molecule has 1 aromatic carbocycles. The van der Waals surface area contributed by atoms with Gasteiger partial charge in [-0.2, -0.15) is 4.31 Å². The van der Waals surface area contributed by atoms with Crippen LogP contribution < -0.4 is 4.74 Å². The van der Waals surface area contributed by atoms with E-state index in [1.165, 1.54) is 22.5 Å². The van der Waals surface area contributed by atoms with Crippen molar-refractivity contribution in [3.05, 3.63) is 53.6 Å². The summed E-state index contributed by atoms with van der Waals surface area (Å²) in [5, 5.41) is 0. The van der Waals surface area contributed by atoms with Gasteiger partial charge in [-0.05, 0) is 38.8 Å². The normalized spacial score (nSPS) is 23.5. The highest BCUT2D eigenvalue weighted by Crippen LogP contribution is 2.52. The van der Waals surface area contributed by atoms with Crippen molar-refractivity contribution < 1.29 is 22.3 Å². The number of benzene rings is 1. The molecule has 1 atom stereocenters. The van der Waals surface area contributed by atoms with Crippen molar-refractivity contribution in [3.63, 3.8) is 0 Å². The van der Waals surface area contributed by atoms with Crippen LogP contribution in [0.15, 0.2) is 41.4 Å². The second-order valence-electron chi connectivity index (χ2n) is 8.96. The largest absolute Gasteiger partial charge is 0.490 e. The predicted molar refractivity (Wildman–Crippen MR) is 111 cm³/mol. The number of hydrogen-bond donors (Lipinski definition) is 0. The lowest BCUT2D eigenvalue weighted by Gasteiger charge is -2.60. The molecule has 1 saturated carbocycles. The molecule has 0 radical (unpaired) electrons. The summed E-state index contributed by atoms with van der Waals surface area (Å²) in [5.74, 6) is -0.268. The maximum Gasteiger partial charge on any atom is 0.259 e. The molecule has 1 amide bonds. The number of ether oxygens (including phenoxy) is 1. The first-order valence-corrected chi connectivity index (χ1v) is 11.8. The minimum Gasteiger partial charge on any atom is -0.490 e. The van der Waals surface area contributed by atoms with Crippen LogP contribution in [0.25, 0.3) is 0 Å². The van der Waals surface area contributed by atoms with E-state index in [1.807, 2.05) is 18.7 Å². The fourth-order valence-electron chi connectivity index (χ4n) is 5.03. The topological polar surface area (TPSA) is 79.8 Å². The molecule has 3 aliphatic rings. The van der Waals surface area contributed by atoms with E-state index in [2.05, 4.69) is 4.98 Å². The number of aromatic nitrogens is 1. The molecule has 1 aromatic heterocycles. The van der Waals surface area contributed by atoms with E-state index in [9.17, 15) is 17.6 Å². The van der Waals surface area contributed by atoms with E-state index >= 15 is 0 Å². The number of nitrogens with zero attached hydrogens (tertiary/aromatic N) is 3. The lowest BCUT2D eigenvalue weighted by molar-refractivity contribution is -0.0755. The minimum atomic E-state index is -3.84. The Morgan fingerprint density at radius 2 is 1.94 bits per heavy atom. The molecule has 31 heavy (non-hydrogen) atoms. The van der Waals surface area contributed by atoms with Crippen LogP contribution in [-0.4, -0.2) is 60.3 Å². The SMILES string of the molecule is Cc1cc2c(cn1)C(=O)N(C1CC3(C1)CN(S(=O)(=O)c1ccccc1F)C3)[C@H](C)CO2. The van der Waals surface area contributed by atoms with Crippen molar-refractivity contribution in [1.29, 1.82) is 0 Å². The number of carbonyl (C=O) groups is 1. The Bertz CT molecular complexity index is 1160. The van der Waals surface area contributed by atoms with Crippen molar-refractivity contribution in [2.75, 3.05) is 19.7 Å². The van der Waals surface area contributed by atoms with Gasteiger partial charge in [-0.15, -0.1) is 0 Å². The predicted octanol–water partition coefficient (Wildman–Crippen LogP) is 2.61.